The molecule has 0 aliphatic carbocycles. The Bertz CT molecular complexity index is 1300. The van der Waals surface area contributed by atoms with E-state index in [1.165, 1.54) is 11.3 Å². The maximum Gasteiger partial charge on any atom is 0.280 e. The first kappa shape index (κ1) is 19.1. The number of aryl methyl sites for hydroxylation is 1. The molecular formula is C25H20N4OS. The van der Waals surface area contributed by atoms with Gasteiger partial charge in [0.05, 0.1) is 32.2 Å². The highest BCUT2D eigenvalue weighted by atomic mass is 32.1. The van der Waals surface area contributed by atoms with Crippen molar-refractivity contribution in [1.82, 2.24) is 15.0 Å². The van der Waals surface area contributed by atoms with Gasteiger partial charge in [-0.15, -0.1) is 11.3 Å². The van der Waals surface area contributed by atoms with Crippen molar-refractivity contribution in [1.29, 1.82) is 0 Å². The number of hydrogen-bond donors (Lipinski definition) is 1. The van der Waals surface area contributed by atoms with Gasteiger partial charge in [-0.3, -0.25) is 15.2 Å². The number of amides is 1. The molecule has 31 heavy (non-hydrogen) atoms. The molecule has 0 aliphatic rings. The monoisotopic (exact) mass is 424 g/mol. The van der Waals surface area contributed by atoms with Crippen molar-refractivity contribution in [2.75, 3.05) is 5.01 Å². The number of fused-ring (bicyclic) bond motifs is 1. The number of carbonyl (C=O) groups excluding carboxylic acids is 1. The first-order valence-corrected chi connectivity index (χ1v) is 10.8. The Morgan fingerprint density at radius 2 is 1.45 bits per heavy atom. The Hall–Kier alpha value is -3.90. The lowest BCUT2D eigenvalue weighted by molar-refractivity contribution is 0.0958. The highest BCUT2D eigenvalue weighted by molar-refractivity contribution is 7.17. The lowest BCUT2D eigenvalue weighted by Gasteiger charge is -2.25. The number of hydrazine groups is 1. The fourth-order valence-electron chi connectivity index (χ4n) is 3.53. The second kappa shape index (κ2) is 8.08. The summed E-state index contributed by atoms with van der Waals surface area (Å²) in [6.07, 6.45) is 0. The number of anilines is 2. The fourth-order valence-corrected chi connectivity index (χ4v) is 4.46. The number of nitrogens with zero attached hydrogens (tertiary/aromatic N) is 3. The van der Waals surface area contributed by atoms with Crippen LogP contribution in [0, 0.1) is 0 Å². The van der Waals surface area contributed by atoms with Crippen molar-refractivity contribution >= 4 is 39.7 Å². The molecule has 0 unspecified atom stereocenters. The van der Waals surface area contributed by atoms with Gasteiger partial charge >= 0.3 is 0 Å². The molecule has 0 atom stereocenters. The maximum atomic E-state index is 13.1. The van der Waals surface area contributed by atoms with Crippen LogP contribution in [0.15, 0.2) is 97.1 Å². The fraction of sp³-hybridized carbons (Fsp3) is 0.0400. The number of aromatic nitrogens is 2. The lowest BCUT2D eigenvalue weighted by atomic mass is 10.2. The lowest BCUT2D eigenvalue weighted by Crippen LogP contribution is -2.38. The van der Waals surface area contributed by atoms with Gasteiger partial charge in [0.2, 0.25) is 0 Å². The largest absolute Gasteiger partial charge is 0.326 e. The number of thiophene rings is 1. The van der Waals surface area contributed by atoms with Crippen LogP contribution < -0.4 is 10.4 Å². The van der Waals surface area contributed by atoms with Crippen LogP contribution in [0.1, 0.15) is 9.67 Å². The second-order valence-electron chi connectivity index (χ2n) is 7.09. The van der Waals surface area contributed by atoms with Crippen molar-refractivity contribution in [2.45, 2.75) is 0 Å². The highest BCUT2D eigenvalue weighted by Crippen LogP contribution is 2.30. The Balaban J connectivity index is 1.45. The standard InChI is InChI=1S/C25H20N4OS/c1-28-21-15-9-8-14-20(21)26-24(28)22-16-17-23(31-22)25(30)27-29(18-10-4-2-5-11-18)19-12-6-3-7-13-19/h2-17H,1H3,(H,27,30). The van der Waals surface area contributed by atoms with E-state index in [-0.39, 0.29) is 5.91 Å². The van der Waals surface area contributed by atoms with E-state index in [4.69, 9.17) is 4.98 Å². The second-order valence-corrected chi connectivity index (χ2v) is 8.18. The van der Waals surface area contributed by atoms with E-state index in [9.17, 15) is 4.79 Å². The van der Waals surface area contributed by atoms with Crippen molar-refractivity contribution in [3.63, 3.8) is 0 Å². The van der Waals surface area contributed by atoms with E-state index in [0.717, 1.165) is 33.1 Å². The average Bonchev–Trinajstić information content (AvgIpc) is 3.44. The predicted octanol–water partition coefficient (Wildman–Crippen LogP) is 5.78. The molecule has 0 saturated heterocycles. The van der Waals surface area contributed by atoms with Crippen LogP contribution in [-0.2, 0) is 7.05 Å². The molecule has 0 bridgehead atoms. The van der Waals surface area contributed by atoms with Crippen molar-refractivity contribution in [2.24, 2.45) is 7.05 Å². The first-order valence-electron chi connectivity index (χ1n) is 9.93. The quantitative estimate of drug-likeness (QED) is 0.364. The van der Waals surface area contributed by atoms with Crippen molar-refractivity contribution in [3.05, 3.63) is 102 Å². The van der Waals surface area contributed by atoms with Gasteiger partial charge in [0.15, 0.2) is 5.82 Å². The summed E-state index contributed by atoms with van der Waals surface area (Å²) >= 11 is 1.43. The SMILES string of the molecule is Cn1c(-c2ccc(C(=O)NN(c3ccccc3)c3ccccc3)s2)nc2ccccc21. The van der Waals surface area contributed by atoms with E-state index in [2.05, 4.69) is 9.99 Å². The highest BCUT2D eigenvalue weighted by Gasteiger charge is 2.18. The van der Waals surface area contributed by atoms with Crippen LogP contribution in [0.2, 0.25) is 0 Å². The van der Waals surface area contributed by atoms with E-state index in [0.29, 0.717) is 4.88 Å². The van der Waals surface area contributed by atoms with Gasteiger partial charge in [0.1, 0.15) is 0 Å². The van der Waals surface area contributed by atoms with Crippen LogP contribution in [-0.4, -0.2) is 15.5 Å². The first-order chi connectivity index (χ1) is 15.2. The molecular weight excluding hydrogens is 404 g/mol. The summed E-state index contributed by atoms with van der Waals surface area (Å²) in [4.78, 5) is 19.5. The molecule has 5 aromatic rings. The van der Waals surface area contributed by atoms with Crippen LogP contribution >= 0.6 is 11.3 Å². The molecule has 0 fully saturated rings. The molecule has 3 aromatic carbocycles. The van der Waals surface area contributed by atoms with Crippen molar-refractivity contribution < 1.29 is 4.79 Å². The van der Waals surface area contributed by atoms with Crippen molar-refractivity contribution in [3.8, 4) is 10.7 Å². The Morgan fingerprint density at radius 3 is 2.10 bits per heavy atom. The molecule has 5 rings (SSSR count). The predicted molar refractivity (Wildman–Crippen MR) is 127 cm³/mol. The van der Waals surface area contributed by atoms with Gasteiger partial charge in [0.25, 0.3) is 5.91 Å². The van der Waals surface area contributed by atoms with E-state index in [1.807, 2.05) is 104 Å². The van der Waals surface area contributed by atoms with Gasteiger partial charge < -0.3 is 4.57 Å². The van der Waals surface area contributed by atoms with E-state index in [1.54, 1.807) is 5.01 Å². The van der Waals surface area contributed by atoms with Crippen LogP contribution in [0.3, 0.4) is 0 Å². The molecule has 1 N–H and O–H groups in total. The minimum atomic E-state index is -0.164. The molecule has 1 amide bonds. The Labute approximate surface area is 184 Å². The molecule has 6 heteroatoms. The summed E-state index contributed by atoms with van der Waals surface area (Å²) in [5.74, 6) is 0.691. The summed E-state index contributed by atoms with van der Waals surface area (Å²) in [6.45, 7) is 0. The maximum absolute atomic E-state index is 13.1. The summed E-state index contributed by atoms with van der Waals surface area (Å²) < 4.78 is 2.06. The molecule has 5 nitrogen and oxygen atoms in total. The number of nitrogens with one attached hydrogen (secondary N) is 1. The summed E-state index contributed by atoms with van der Waals surface area (Å²) in [5, 5.41) is 1.80. The minimum Gasteiger partial charge on any atom is -0.326 e. The normalized spacial score (nSPS) is 10.9. The number of benzene rings is 3. The van der Waals surface area contributed by atoms with Gasteiger partial charge in [-0.05, 0) is 48.5 Å². The van der Waals surface area contributed by atoms with Crippen LogP contribution in [0.5, 0.6) is 0 Å². The third-order valence-corrected chi connectivity index (χ3v) is 6.16. The number of rotatable bonds is 5. The molecule has 0 saturated carbocycles. The number of hydrogen-bond acceptors (Lipinski definition) is 4. The van der Waals surface area contributed by atoms with E-state index < -0.39 is 0 Å². The zero-order chi connectivity index (χ0) is 21.2. The van der Waals surface area contributed by atoms with Gasteiger partial charge in [-0.2, -0.15) is 0 Å². The summed E-state index contributed by atoms with van der Waals surface area (Å²) in [6, 6.07) is 31.4. The van der Waals surface area contributed by atoms with E-state index >= 15 is 0 Å². The van der Waals surface area contributed by atoms with Crippen LogP contribution in [0.25, 0.3) is 21.7 Å². The smallest absolute Gasteiger partial charge is 0.280 e. The average molecular weight is 425 g/mol. The molecule has 0 spiro atoms. The topological polar surface area (TPSA) is 50.2 Å². The Kier molecular flexibility index (Phi) is 4.98. The number of para-hydroxylation sites is 4. The van der Waals surface area contributed by atoms with Gasteiger partial charge in [-0.25, -0.2) is 4.98 Å². The Morgan fingerprint density at radius 1 is 0.839 bits per heavy atom. The molecule has 2 aromatic heterocycles. The zero-order valence-electron chi connectivity index (χ0n) is 16.9. The molecule has 2 heterocycles. The number of carbonyl (C=O) groups is 1. The van der Waals surface area contributed by atoms with Gasteiger partial charge in [0, 0.05) is 7.05 Å². The third-order valence-electron chi connectivity index (χ3n) is 5.08. The molecule has 0 radical (unpaired) electrons. The van der Waals surface area contributed by atoms with Gasteiger partial charge in [-0.1, -0.05) is 48.5 Å². The molecule has 152 valence electrons. The zero-order valence-corrected chi connectivity index (χ0v) is 17.7. The summed E-state index contributed by atoms with van der Waals surface area (Å²) in [7, 11) is 2.00. The number of imidazole rings is 1. The summed E-state index contributed by atoms with van der Waals surface area (Å²) in [5.41, 5.74) is 6.83. The molecule has 0 aliphatic heterocycles. The van der Waals surface area contributed by atoms with Crippen LogP contribution in [0.4, 0.5) is 11.4 Å². The minimum absolute atomic E-state index is 0.164. The third kappa shape index (κ3) is 3.69.